The predicted octanol–water partition coefficient (Wildman–Crippen LogP) is 6.47. The summed E-state index contributed by atoms with van der Waals surface area (Å²) in [6, 6.07) is 29.5. The van der Waals surface area contributed by atoms with E-state index in [1.54, 1.807) is 0 Å². The molecule has 0 aliphatic carbocycles. The van der Waals surface area contributed by atoms with Gasteiger partial charge in [0.15, 0.2) is 30.3 Å². The molecular formula is C44H56O12. The highest BCUT2D eigenvalue weighted by atomic mass is 16.9. The van der Waals surface area contributed by atoms with Gasteiger partial charge in [0.1, 0.15) is 42.7 Å². The molecule has 56 heavy (non-hydrogen) atoms. The van der Waals surface area contributed by atoms with Crippen molar-refractivity contribution in [2.24, 2.45) is 5.41 Å². The molecule has 0 spiro atoms. The number of rotatable bonds is 14. The molecular weight excluding hydrogens is 720 g/mol. The minimum Gasteiger partial charge on any atom is -0.456 e. The molecule has 10 atom stereocenters. The van der Waals surface area contributed by atoms with E-state index in [2.05, 4.69) is 0 Å². The van der Waals surface area contributed by atoms with Gasteiger partial charge in [-0.2, -0.15) is 0 Å². The van der Waals surface area contributed by atoms with E-state index in [1.807, 2.05) is 139 Å². The summed E-state index contributed by atoms with van der Waals surface area (Å²) in [6.07, 6.45) is -7.21. The van der Waals surface area contributed by atoms with Crippen molar-refractivity contribution in [2.75, 3.05) is 13.2 Å². The standard InChI is InChI=1S/C44H56O12/c1-42(2,3)41(45)52-33-31(26-46-23-28-17-11-8-12-18-28)50-39(37(48-25-30-21-15-10-16-22-30)35(33)47-24-29-19-13-9-14-20-29)49-27-32-34-36(54-43(4,5)53-34)38-40(51-32)56-44(6,7)55-38/h8-22,31-40H,23-27H2,1-7H3/t31-,32-,33+,34+,35+,36+,37-,38-,39-,40-/m1/s1. The van der Waals surface area contributed by atoms with Gasteiger partial charge in [-0.25, -0.2) is 0 Å². The fraction of sp³-hybridized carbons (Fsp3) is 0.568. The summed E-state index contributed by atoms with van der Waals surface area (Å²) >= 11 is 0. The first-order valence-corrected chi connectivity index (χ1v) is 19.5. The average Bonchev–Trinajstić information content (AvgIpc) is 3.67. The minimum absolute atomic E-state index is 0.0267. The second-order valence-corrected chi connectivity index (χ2v) is 16.7. The van der Waals surface area contributed by atoms with Gasteiger partial charge in [0.05, 0.1) is 38.4 Å². The van der Waals surface area contributed by atoms with E-state index in [4.69, 9.17) is 52.1 Å². The fourth-order valence-corrected chi connectivity index (χ4v) is 7.37. The first-order chi connectivity index (χ1) is 26.7. The molecule has 0 N–H and O–H groups in total. The van der Waals surface area contributed by atoms with Crippen molar-refractivity contribution in [1.29, 1.82) is 0 Å². The van der Waals surface area contributed by atoms with Gasteiger partial charge in [0.2, 0.25) is 0 Å². The number of benzene rings is 3. The van der Waals surface area contributed by atoms with Crippen molar-refractivity contribution in [3.63, 3.8) is 0 Å². The molecule has 3 aromatic carbocycles. The number of ether oxygens (including phenoxy) is 11. The number of hydrogen-bond donors (Lipinski definition) is 0. The third-order valence-electron chi connectivity index (χ3n) is 10.1. The molecule has 4 saturated heterocycles. The van der Waals surface area contributed by atoms with E-state index in [1.165, 1.54) is 0 Å². The zero-order valence-corrected chi connectivity index (χ0v) is 33.4. The molecule has 0 unspecified atom stereocenters. The molecule has 7 rings (SSSR count). The molecule has 4 aliphatic heterocycles. The van der Waals surface area contributed by atoms with Crippen molar-refractivity contribution in [3.8, 4) is 0 Å². The zero-order valence-electron chi connectivity index (χ0n) is 33.4. The largest absolute Gasteiger partial charge is 0.456 e. The van der Waals surface area contributed by atoms with Crippen LogP contribution >= 0.6 is 0 Å². The van der Waals surface area contributed by atoms with E-state index in [-0.39, 0.29) is 26.4 Å². The summed E-state index contributed by atoms with van der Waals surface area (Å²) in [7, 11) is 0. The van der Waals surface area contributed by atoms with Crippen LogP contribution in [-0.2, 0) is 76.7 Å². The van der Waals surface area contributed by atoms with Gasteiger partial charge in [0, 0.05) is 0 Å². The van der Waals surface area contributed by atoms with Crippen LogP contribution in [0.2, 0.25) is 0 Å². The third-order valence-corrected chi connectivity index (χ3v) is 10.1. The van der Waals surface area contributed by atoms with Gasteiger partial charge in [0.25, 0.3) is 0 Å². The van der Waals surface area contributed by atoms with E-state index < -0.39 is 84.4 Å². The average molecular weight is 777 g/mol. The fourth-order valence-electron chi connectivity index (χ4n) is 7.37. The van der Waals surface area contributed by atoms with Crippen molar-refractivity contribution in [2.45, 2.75) is 141 Å². The maximum atomic E-state index is 13.7. The van der Waals surface area contributed by atoms with Crippen LogP contribution in [0.5, 0.6) is 0 Å². The molecule has 12 nitrogen and oxygen atoms in total. The quantitative estimate of drug-likeness (QED) is 0.167. The lowest BCUT2D eigenvalue weighted by molar-refractivity contribution is -0.333. The molecule has 4 aliphatic rings. The molecule has 0 saturated carbocycles. The number of carbonyl (C=O) groups excluding carboxylic acids is 1. The van der Waals surface area contributed by atoms with Crippen molar-refractivity contribution in [1.82, 2.24) is 0 Å². The van der Waals surface area contributed by atoms with Crippen LogP contribution in [0, 0.1) is 5.41 Å². The van der Waals surface area contributed by atoms with Gasteiger partial charge in [-0.1, -0.05) is 91.0 Å². The number of esters is 1. The maximum absolute atomic E-state index is 13.7. The summed E-state index contributed by atoms with van der Waals surface area (Å²) in [5, 5.41) is 0. The summed E-state index contributed by atoms with van der Waals surface area (Å²) in [6.45, 7) is 13.7. The lowest BCUT2D eigenvalue weighted by Crippen LogP contribution is -2.63. The second kappa shape index (κ2) is 17.3. The van der Waals surface area contributed by atoms with Crippen LogP contribution in [0.3, 0.4) is 0 Å². The predicted molar refractivity (Wildman–Crippen MR) is 203 cm³/mol. The van der Waals surface area contributed by atoms with Gasteiger partial charge < -0.3 is 52.1 Å². The highest BCUT2D eigenvalue weighted by Gasteiger charge is 2.61. The molecule has 0 radical (unpaired) electrons. The number of carbonyl (C=O) groups is 1. The number of fused-ring (bicyclic) bond motifs is 3. The summed E-state index contributed by atoms with van der Waals surface area (Å²) in [5.41, 5.74) is 2.06. The van der Waals surface area contributed by atoms with Gasteiger partial charge >= 0.3 is 5.97 Å². The summed E-state index contributed by atoms with van der Waals surface area (Å²) in [5.74, 6) is -2.16. The first kappa shape index (κ1) is 40.9. The molecule has 4 fully saturated rings. The van der Waals surface area contributed by atoms with Crippen LogP contribution in [0.15, 0.2) is 91.0 Å². The van der Waals surface area contributed by atoms with Crippen LogP contribution in [0.4, 0.5) is 0 Å². The SMILES string of the molecule is CC1(C)O[C@H]2[C@@H](O1)[C@@H](CO[C@@H]1O[C@H](COCc3ccccc3)[C@H](OC(=O)C(C)(C)C)[C@H](OCc3ccccc3)[C@H]1OCc1ccccc1)O[C@@H]1OC(C)(C)O[C@@H]12. The Bertz CT molecular complexity index is 1700. The topological polar surface area (TPSA) is 119 Å². The molecule has 304 valence electrons. The zero-order chi connectivity index (χ0) is 39.5. The molecule has 12 heteroatoms. The van der Waals surface area contributed by atoms with Crippen molar-refractivity contribution >= 4 is 5.97 Å². The van der Waals surface area contributed by atoms with E-state index in [0.717, 1.165) is 16.7 Å². The minimum atomic E-state index is -1.01. The summed E-state index contributed by atoms with van der Waals surface area (Å²) in [4.78, 5) is 13.7. The highest BCUT2D eigenvalue weighted by molar-refractivity contribution is 5.75. The Hall–Kier alpha value is -3.27. The van der Waals surface area contributed by atoms with Crippen LogP contribution in [0.25, 0.3) is 0 Å². The van der Waals surface area contributed by atoms with Crippen molar-refractivity contribution < 1.29 is 56.9 Å². The Labute approximate surface area is 329 Å². The van der Waals surface area contributed by atoms with E-state index >= 15 is 0 Å². The van der Waals surface area contributed by atoms with Crippen LogP contribution in [-0.4, -0.2) is 92.2 Å². The Balaban J connectivity index is 1.19. The van der Waals surface area contributed by atoms with Crippen LogP contribution < -0.4 is 0 Å². The molecule has 4 heterocycles. The Morgan fingerprint density at radius 3 is 1.68 bits per heavy atom. The highest BCUT2D eigenvalue weighted by Crippen LogP contribution is 2.44. The van der Waals surface area contributed by atoms with Crippen LogP contribution in [0.1, 0.15) is 65.2 Å². The molecule has 0 amide bonds. The number of hydrogen-bond acceptors (Lipinski definition) is 12. The van der Waals surface area contributed by atoms with E-state index in [9.17, 15) is 4.79 Å². The molecule has 0 bridgehead atoms. The summed E-state index contributed by atoms with van der Waals surface area (Å²) < 4.78 is 71.2. The first-order valence-electron chi connectivity index (χ1n) is 19.5. The van der Waals surface area contributed by atoms with Gasteiger partial charge in [-0.3, -0.25) is 4.79 Å². The maximum Gasteiger partial charge on any atom is 0.311 e. The third kappa shape index (κ3) is 10.0. The Morgan fingerprint density at radius 1 is 0.571 bits per heavy atom. The van der Waals surface area contributed by atoms with Crippen molar-refractivity contribution in [3.05, 3.63) is 108 Å². The van der Waals surface area contributed by atoms with E-state index in [0.29, 0.717) is 6.61 Å². The normalized spacial score (nSPS) is 32.1. The lowest BCUT2D eigenvalue weighted by atomic mass is 9.95. The lowest BCUT2D eigenvalue weighted by Gasteiger charge is -2.46. The van der Waals surface area contributed by atoms with Gasteiger partial charge in [-0.15, -0.1) is 0 Å². The molecule has 3 aromatic rings. The molecule has 0 aromatic heterocycles. The Morgan fingerprint density at radius 2 is 1.09 bits per heavy atom. The monoisotopic (exact) mass is 776 g/mol. The van der Waals surface area contributed by atoms with Gasteiger partial charge in [-0.05, 0) is 65.2 Å². The second-order valence-electron chi connectivity index (χ2n) is 16.7. The Kier molecular flexibility index (Phi) is 12.6. The smallest absolute Gasteiger partial charge is 0.311 e.